The van der Waals surface area contributed by atoms with Crippen LogP contribution in [0.4, 0.5) is 0 Å². The topological polar surface area (TPSA) is 74.4 Å². The molecule has 21 heavy (non-hydrogen) atoms. The summed E-state index contributed by atoms with van der Waals surface area (Å²) in [5, 5.41) is 2.82. The summed E-state index contributed by atoms with van der Waals surface area (Å²) in [5.41, 5.74) is 0.0371. The SMILES string of the molecule is CC1CN(CCCNC(=O)c2cccc(=O)[nH]2)CC(C)O1. The fraction of sp³-hybridized carbons (Fsp3) is 0.600. The van der Waals surface area contributed by atoms with Gasteiger partial charge in [0.05, 0.1) is 12.2 Å². The van der Waals surface area contributed by atoms with E-state index in [2.05, 4.69) is 29.0 Å². The Hall–Kier alpha value is -1.66. The van der Waals surface area contributed by atoms with Gasteiger partial charge in [0.1, 0.15) is 5.69 Å². The summed E-state index contributed by atoms with van der Waals surface area (Å²) >= 11 is 0. The standard InChI is InChI=1S/C15H23N3O3/c1-11-9-18(10-12(2)21-11)8-4-7-16-15(20)13-5-3-6-14(19)17-13/h3,5-6,11-12H,4,7-10H2,1-2H3,(H,16,20)(H,17,19). The van der Waals surface area contributed by atoms with E-state index in [0.717, 1.165) is 26.1 Å². The predicted octanol–water partition coefficient (Wildman–Crippen LogP) is 0.604. The Labute approximate surface area is 124 Å². The van der Waals surface area contributed by atoms with Crippen LogP contribution in [0.3, 0.4) is 0 Å². The number of hydrogen-bond donors (Lipinski definition) is 2. The average molecular weight is 293 g/mol. The molecule has 2 heterocycles. The largest absolute Gasteiger partial charge is 0.373 e. The molecule has 0 bridgehead atoms. The molecule has 0 aromatic carbocycles. The van der Waals surface area contributed by atoms with Crippen LogP contribution in [0, 0.1) is 0 Å². The predicted molar refractivity (Wildman–Crippen MR) is 80.5 cm³/mol. The molecule has 1 aliphatic heterocycles. The summed E-state index contributed by atoms with van der Waals surface area (Å²) in [5.74, 6) is -0.239. The first-order chi connectivity index (χ1) is 10.0. The van der Waals surface area contributed by atoms with Gasteiger partial charge in [-0.3, -0.25) is 14.5 Å². The van der Waals surface area contributed by atoms with Gasteiger partial charge in [-0.25, -0.2) is 0 Å². The number of carbonyl (C=O) groups excluding carboxylic acids is 1. The van der Waals surface area contributed by atoms with E-state index in [-0.39, 0.29) is 23.7 Å². The van der Waals surface area contributed by atoms with Crippen molar-refractivity contribution < 1.29 is 9.53 Å². The first-order valence-electron chi connectivity index (χ1n) is 7.40. The Morgan fingerprint density at radius 2 is 2.10 bits per heavy atom. The number of hydrogen-bond acceptors (Lipinski definition) is 4. The second-order valence-corrected chi connectivity index (χ2v) is 5.56. The molecule has 1 fully saturated rings. The zero-order valence-corrected chi connectivity index (χ0v) is 12.6. The maximum Gasteiger partial charge on any atom is 0.267 e. The molecule has 0 spiro atoms. The van der Waals surface area contributed by atoms with E-state index >= 15 is 0 Å². The summed E-state index contributed by atoms with van der Waals surface area (Å²) in [6.45, 7) is 7.56. The van der Waals surface area contributed by atoms with Crippen LogP contribution in [0.15, 0.2) is 23.0 Å². The van der Waals surface area contributed by atoms with E-state index in [1.165, 1.54) is 6.07 Å². The molecular formula is C15H23N3O3. The summed E-state index contributed by atoms with van der Waals surface area (Å²) in [4.78, 5) is 27.8. The van der Waals surface area contributed by atoms with Gasteiger partial charge in [0, 0.05) is 32.2 Å². The van der Waals surface area contributed by atoms with Gasteiger partial charge in [0.2, 0.25) is 5.56 Å². The third kappa shape index (κ3) is 4.99. The van der Waals surface area contributed by atoms with Gasteiger partial charge in [-0.05, 0) is 26.3 Å². The molecule has 6 heteroatoms. The minimum atomic E-state index is -0.265. The van der Waals surface area contributed by atoms with Crippen molar-refractivity contribution in [2.45, 2.75) is 32.5 Å². The lowest BCUT2D eigenvalue weighted by Crippen LogP contribution is -2.46. The average Bonchev–Trinajstić information content (AvgIpc) is 2.42. The first-order valence-corrected chi connectivity index (χ1v) is 7.40. The number of nitrogens with one attached hydrogen (secondary N) is 2. The highest BCUT2D eigenvalue weighted by molar-refractivity contribution is 5.92. The summed E-state index contributed by atoms with van der Waals surface area (Å²) in [7, 11) is 0. The normalized spacial score (nSPS) is 23.0. The van der Waals surface area contributed by atoms with Crippen LogP contribution in [0.2, 0.25) is 0 Å². The number of aromatic nitrogens is 1. The van der Waals surface area contributed by atoms with Crippen LogP contribution in [0.5, 0.6) is 0 Å². The highest BCUT2D eigenvalue weighted by atomic mass is 16.5. The number of ether oxygens (including phenoxy) is 1. The van der Waals surface area contributed by atoms with E-state index < -0.39 is 0 Å². The fourth-order valence-electron chi connectivity index (χ4n) is 2.65. The Balaban J connectivity index is 1.70. The van der Waals surface area contributed by atoms with Crippen molar-refractivity contribution in [3.63, 3.8) is 0 Å². The van der Waals surface area contributed by atoms with Gasteiger partial charge < -0.3 is 15.0 Å². The quantitative estimate of drug-likeness (QED) is 0.780. The van der Waals surface area contributed by atoms with E-state index in [9.17, 15) is 9.59 Å². The highest BCUT2D eigenvalue weighted by Gasteiger charge is 2.21. The van der Waals surface area contributed by atoms with Crippen LogP contribution in [0.25, 0.3) is 0 Å². The van der Waals surface area contributed by atoms with Gasteiger partial charge in [-0.2, -0.15) is 0 Å². The lowest BCUT2D eigenvalue weighted by molar-refractivity contribution is -0.0679. The maximum atomic E-state index is 11.8. The van der Waals surface area contributed by atoms with Crippen LogP contribution in [-0.4, -0.2) is 54.2 Å². The molecular weight excluding hydrogens is 270 g/mol. The zero-order valence-electron chi connectivity index (χ0n) is 12.6. The van der Waals surface area contributed by atoms with E-state index in [4.69, 9.17) is 4.74 Å². The van der Waals surface area contributed by atoms with Crippen LogP contribution in [-0.2, 0) is 4.74 Å². The maximum absolute atomic E-state index is 11.8. The molecule has 116 valence electrons. The molecule has 2 atom stereocenters. The van der Waals surface area contributed by atoms with Crippen molar-refractivity contribution in [2.75, 3.05) is 26.2 Å². The Morgan fingerprint density at radius 1 is 1.38 bits per heavy atom. The number of carbonyl (C=O) groups is 1. The molecule has 0 aliphatic carbocycles. The fourth-order valence-corrected chi connectivity index (χ4v) is 2.65. The van der Waals surface area contributed by atoms with E-state index in [1.54, 1.807) is 12.1 Å². The number of morpholine rings is 1. The summed E-state index contributed by atoms with van der Waals surface area (Å²) in [6.07, 6.45) is 1.40. The Kier molecular flexibility index (Phi) is 5.52. The smallest absolute Gasteiger partial charge is 0.267 e. The minimum Gasteiger partial charge on any atom is -0.373 e. The molecule has 2 N–H and O–H groups in total. The Morgan fingerprint density at radius 3 is 2.76 bits per heavy atom. The number of rotatable bonds is 5. The summed E-state index contributed by atoms with van der Waals surface area (Å²) < 4.78 is 5.68. The van der Waals surface area contributed by atoms with Gasteiger partial charge >= 0.3 is 0 Å². The lowest BCUT2D eigenvalue weighted by atomic mass is 10.2. The van der Waals surface area contributed by atoms with Crippen LogP contribution < -0.4 is 10.9 Å². The number of aromatic amines is 1. The molecule has 1 saturated heterocycles. The second-order valence-electron chi connectivity index (χ2n) is 5.56. The van der Waals surface area contributed by atoms with Crippen LogP contribution >= 0.6 is 0 Å². The second kappa shape index (κ2) is 7.38. The lowest BCUT2D eigenvalue weighted by Gasteiger charge is -2.35. The van der Waals surface area contributed by atoms with Crippen molar-refractivity contribution >= 4 is 5.91 Å². The van der Waals surface area contributed by atoms with Gasteiger partial charge in [0.25, 0.3) is 5.91 Å². The van der Waals surface area contributed by atoms with E-state index in [0.29, 0.717) is 12.2 Å². The number of pyridine rings is 1. The van der Waals surface area contributed by atoms with Crippen LogP contribution in [0.1, 0.15) is 30.8 Å². The first kappa shape index (κ1) is 15.7. The van der Waals surface area contributed by atoms with Gasteiger partial charge in [0.15, 0.2) is 0 Å². The molecule has 0 radical (unpaired) electrons. The summed E-state index contributed by atoms with van der Waals surface area (Å²) in [6, 6.07) is 4.56. The molecule has 1 amide bonds. The molecule has 0 saturated carbocycles. The van der Waals surface area contributed by atoms with Gasteiger partial charge in [-0.15, -0.1) is 0 Å². The zero-order chi connectivity index (χ0) is 15.2. The van der Waals surface area contributed by atoms with Crippen molar-refractivity contribution in [1.82, 2.24) is 15.2 Å². The van der Waals surface area contributed by atoms with E-state index in [1.807, 2.05) is 0 Å². The monoisotopic (exact) mass is 293 g/mol. The third-order valence-electron chi connectivity index (χ3n) is 3.44. The molecule has 1 aromatic rings. The van der Waals surface area contributed by atoms with Crippen molar-refractivity contribution in [3.05, 3.63) is 34.2 Å². The van der Waals surface area contributed by atoms with Crippen molar-refractivity contribution in [1.29, 1.82) is 0 Å². The molecule has 1 aliphatic rings. The molecule has 2 rings (SSSR count). The highest BCUT2D eigenvalue weighted by Crippen LogP contribution is 2.10. The number of H-pyrrole nitrogens is 1. The molecule has 6 nitrogen and oxygen atoms in total. The molecule has 2 unspecified atom stereocenters. The Bertz CT molecular complexity index is 519. The van der Waals surface area contributed by atoms with Crippen molar-refractivity contribution in [3.8, 4) is 0 Å². The minimum absolute atomic E-state index is 0.239. The number of nitrogens with zero attached hydrogens (tertiary/aromatic N) is 1. The van der Waals surface area contributed by atoms with Gasteiger partial charge in [-0.1, -0.05) is 6.07 Å². The third-order valence-corrected chi connectivity index (χ3v) is 3.44. The number of amides is 1. The van der Waals surface area contributed by atoms with Crippen molar-refractivity contribution in [2.24, 2.45) is 0 Å². The molecule has 1 aromatic heterocycles.